The van der Waals surface area contributed by atoms with E-state index in [1.54, 1.807) is 12.1 Å². The summed E-state index contributed by atoms with van der Waals surface area (Å²) in [6, 6.07) is 11.5. The molecule has 0 aromatic heterocycles. The summed E-state index contributed by atoms with van der Waals surface area (Å²) < 4.78 is 53.7. The Labute approximate surface area is 159 Å². The molecule has 0 atom stereocenters. The van der Waals surface area contributed by atoms with E-state index in [1.165, 1.54) is 34.6 Å². The highest BCUT2D eigenvalue weighted by molar-refractivity contribution is 7.90. The predicted molar refractivity (Wildman–Crippen MR) is 104 cm³/mol. The van der Waals surface area contributed by atoms with E-state index in [9.17, 15) is 21.6 Å². The maximum Gasteiger partial charge on any atom is 0.264 e. The maximum absolute atomic E-state index is 12.6. The summed E-state index contributed by atoms with van der Waals surface area (Å²) in [5.74, 6) is -0.775. The van der Waals surface area contributed by atoms with Crippen molar-refractivity contribution in [2.45, 2.75) is 22.6 Å². The molecule has 1 fully saturated rings. The Morgan fingerprint density at radius 2 is 1.52 bits per heavy atom. The Morgan fingerprint density at radius 3 is 2.15 bits per heavy atom. The molecule has 0 radical (unpaired) electrons. The number of sulfonamides is 2. The summed E-state index contributed by atoms with van der Waals surface area (Å²) in [4.78, 5) is 11.8. The molecule has 1 N–H and O–H groups in total. The number of benzene rings is 2. The molecule has 0 aliphatic carbocycles. The van der Waals surface area contributed by atoms with Crippen LogP contribution in [0.2, 0.25) is 0 Å². The first-order chi connectivity index (χ1) is 12.7. The van der Waals surface area contributed by atoms with Gasteiger partial charge in [0, 0.05) is 18.7 Å². The van der Waals surface area contributed by atoms with Gasteiger partial charge in [-0.3, -0.25) is 4.79 Å². The molecular formula is C17H19BN2O5S2. The van der Waals surface area contributed by atoms with Crippen LogP contribution in [0, 0.1) is 0 Å². The summed E-state index contributed by atoms with van der Waals surface area (Å²) in [5.41, 5.74) is 1.14. The van der Waals surface area contributed by atoms with Crippen LogP contribution in [0.3, 0.4) is 0 Å². The summed E-state index contributed by atoms with van der Waals surface area (Å²) in [5, 5.41) is 0. The quantitative estimate of drug-likeness (QED) is 0.696. The van der Waals surface area contributed by atoms with Gasteiger partial charge in [0.25, 0.3) is 15.9 Å². The Morgan fingerprint density at radius 1 is 0.926 bits per heavy atom. The van der Waals surface area contributed by atoms with Crippen LogP contribution in [0.25, 0.3) is 0 Å². The lowest BCUT2D eigenvalue weighted by Gasteiger charge is -2.16. The van der Waals surface area contributed by atoms with Gasteiger partial charge in [-0.15, -0.1) is 0 Å². The van der Waals surface area contributed by atoms with Crippen molar-refractivity contribution in [2.24, 2.45) is 0 Å². The van der Waals surface area contributed by atoms with Gasteiger partial charge in [0.05, 0.1) is 9.79 Å². The first-order valence-electron chi connectivity index (χ1n) is 8.44. The Balaban J connectivity index is 1.87. The van der Waals surface area contributed by atoms with Crippen LogP contribution >= 0.6 is 0 Å². The highest BCUT2D eigenvalue weighted by Crippen LogP contribution is 2.23. The van der Waals surface area contributed by atoms with Crippen molar-refractivity contribution >= 4 is 39.3 Å². The van der Waals surface area contributed by atoms with Crippen molar-refractivity contribution in [3.8, 4) is 0 Å². The Kier molecular flexibility index (Phi) is 5.41. The highest BCUT2D eigenvalue weighted by Gasteiger charge is 2.28. The molecule has 142 valence electrons. The number of carbonyl (C=O) groups excluding carboxylic acids is 1. The van der Waals surface area contributed by atoms with Gasteiger partial charge in [0.1, 0.15) is 7.85 Å². The standard InChI is InChI=1S/C17H19BN2O5S2/c18-14-8-6-13(7-9-14)17(21)19-26(22,23)15-4-3-5-16(12-15)27(24,25)20-10-1-2-11-20/h3-9,12H,1-2,10-11,18H2,(H,19,21). The van der Waals surface area contributed by atoms with Crippen molar-refractivity contribution in [3.63, 3.8) is 0 Å². The summed E-state index contributed by atoms with van der Waals surface area (Å²) >= 11 is 0. The SMILES string of the molecule is Bc1ccc(C(=O)NS(=O)(=O)c2cccc(S(=O)(=O)N3CCCC3)c2)cc1. The zero-order valence-electron chi connectivity index (χ0n) is 14.8. The van der Waals surface area contributed by atoms with E-state index in [1.807, 2.05) is 12.6 Å². The van der Waals surface area contributed by atoms with E-state index in [2.05, 4.69) is 0 Å². The summed E-state index contributed by atoms with van der Waals surface area (Å²) in [6.45, 7) is 0.840. The van der Waals surface area contributed by atoms with Crippen molar-refractivity contribution in [3.05, 3.63) is 54.1 Å². The first kappa shape index (κ1) is 19.6. The topological polar surface area (TPSA) is 101 Å². The Bertz CT molecular complexity index is 1060. The van der Waals surface area contributed by atoms with E-state index in [0.717, 1.165) is 24.4 Å². The fraction of sp³-hybridized carbons (Fsp3) is 0.235. The van der Waals surface area contributed by atoms with Crippen molar-refractivity contribution < 1.29 is 21.6 Å². The molecule has 0 saturated carbocycles. The van der Waals surface area contributed by atoms with Gasteiger partial charge in [-0.1, -0.05) is 23.7 Å². The van der Waals surface area contributed by atoms with Crippen LogP contribution < -0.4 is 10.2 Å². The van der Waals surface area contributed by atoms with Gasteiger partial charge in [-0.2, -0.15) is 4.31 Å². The van der Waals surface area contributed by atoms with E-state index in [4.69, 9.17) is 0 Å². The van der Waals surface area contributed by atoms with Gasteiger partial charge < -0.3 is 0 Å². The minimum absolute atomic E-state index is 0.102. The third kappa shape index (κ3) is 4.23. The average molecular weight is 406 g/mol. The molecule has 0 unspecified atom stereocenters. The van der Waals surface area contributed by atoms with Crippen LogP contribution in [0.5, 0.6) is 0 Å². The number of nitrogens with zero attached hydrogens (tertiary/aromatic N) is 1. The van der Waals surface area contributed by atoms with E-state index >= 15 is 0 Å². The van der Waals surface area contributed by atoms with Crippen LogP contribution in [0.4, 0.5) is 0 Å². The second-order valence-electron chi connectivity index (χ2n) is 6.39. The monoisotopic (exact) mass is 406 g/mol. The second-order valence-corrected chi connectivity index (χ2v) is 10.0. The van der Waals surface area contributed by atoms with E-state index < -0.39 is 26.0 Å². The minimum atomic E-state index is -4.21. The number of carbonyl (C=O) groups is 1. The zero-order chi connectivity index (χ0) is 19.7. The van der Waals surface area contributed by atoms with Gasteiger partial charge >= 0.3 is 0 Å². The smallest absolute Gasteiger partial charge is 0.264 e. The number of rotatable bonds is 5. The van der Waals surface area contributed by atoms with Crippen LogP contribution in [-0.2, 0) is 20.0 Å². The first-order valence-corrected chi connectivity index (χ1v) is 11.4. The highest BCUT2D eigenvalue weighted by atomic mass is 32.2. The molecule has 1 heterocycles. The third-order valence-corrected chi connectivity index (χ3v) is 7.58. The second kappa shape index (κ2) is 7.45. The van der Waals surface area contributed by atoms with Crippen molar-refractivity contribution in [1.29, 1.82) is 0 Å². The molecule has 2 aromatic rings. The number of hydrogen-bond donors (Lipinski definition) is 1. The van der Waals surface area contributed by atoms with Crippen molar-refractivity contribution in [2.75, 3.05) is 13.1 Å². The zero-order valence-corrected chi connectivity index (χ0v) is 16.4. The summed E-state index contributed by atoms with van der Waals surface area (Å²) in [6.07, 6.45) is 1.56. The Hall–Kier alpha value is -2.17. The molecule has 27 heavy (non-hydrogen) atoms. The van der Waals surface area contributed by atoms with E-state index in [0.29, 0.717) is 13.1 Å². The number of nitrogens with one attached hydrogen (secondary N) is 1. The number of hydrogen-bond acceptors (Lipinski definition) is 5. The predicted octanol–water partition coefficient (Wildman–Crippen LogP) is -0.152. The molecule has 1 saturated heterocycles. The van der Waals surface area contributed by atoms with Gasteiger partial charge in [0.2, 0.25) is 10.0 Å². The molecule has 0 spiro atoms. The van der Waals surface area contributed by atoms with Crippen LogP contribution in [0.15, 0.2) is 58.3 Å². The lowest BCUT2D eigenvalue weighted by molar-refractivity contribution is 0.0981. The molecule has 1 amide bonds. The molecule has 7 nitrogen and oxygen atoms in total. The molecule has 1 aliphatic rings. The molecule has 0 bridgehead atoms. The minimum Gasteiger partial charge on any atom is -0.268 e. The third-order valence-electron chi connectivity index (χ3n) is 4.36. The fourth-order valence-corrected chi connectivity index (χ4v) is 5.48. The molecule has 1 aliphatic heterocycles. The summed E-state index contributed by atoms with van der Waals surface area (Å²) in [7, 11) is -6.11. The number of amides is 1. The van der Waals surface area contributed by atoms with E-state index in [-0.39, 0.29) is 15.4 Å². The van der Waals surface area contributed by atoms with Crippen LogP contribution in [0.1, 0.15) is 23.2 Å². The molecule has 2 aromatic carbocycles. The van der Waals surface area contributed by atoms with Crippen LogP contribution in [-0.4, -0.2) is 48.0 Å². The van der Waals surface area contributed by atoms with Gasteiger partial charge in [-0.05, 0) is 43.2 Å². The molecule has 10 heteroatoms. The molecule has 3 rings (SSSR count). The van der Waals surface area contributed by atoms with Gasteiger partial charge in [-0.25, -0.2) is 21.6 Å². The molecular weight excluding hydrogens is 387 g/mol. The lowest BCUT2D eigenvalue weighted by atomic mass is 9.95. The fourth-order valence-electron chi connectivity index (χ4n) is 2.82. The normalized spacial score (nSPS) is 15.6. The van der Waals surface area contributed by atoms with Gasteiger partial charge in [0.15, 0.2) is 0 Å². The maximum atomic E-state index is 12.6. The average Bonchev–Trinajstić information content (AvgIpc) is 3.17. The lowest BCUT2D eigenvalue weighted by Crippen LogP contribution is -2.31. The van der Waals surface area contributed by atoms with Crippen molar-refractivity contribution in [1.82, 2.24) is 9.03 Å². The largest absolute Gasteiger partial charge is 0.268 e.